The summed E-state index contributed by atoms with van der Waals surface area (Å²) in [6.07, 6.45) is 2.08. The SMILES string of the molecule is O=C(NCCS)C1CCCN1. The molecule has 1 heterocycles. The van der Waals surface area contributed by atoms with E-state index in [1.807, 2.05) is 0 Å². The fourth-order valence-corrected chi connectivity index (χ4v) is 1.32. The molecule has 1 unspecified atom stereocenters. The summed E-state index contributed by atoms with van der Waals surface area (Å²) >= 11 is 4.00. The van der Waals surface area contributed by atoms with Crippen LogP contribution < -0.4 is 10.6 Å². The molecule has 1 atom stereocenters. The van der Waals surface area contributed by atoms with Gasteiger partial charge in [-0.05, 0) is 19.4 Å². The summed E-state index contributed by atoms with van der Waals surface area (Å²) in [6.45, 7) is 1.64. The van der Waals surface area contributed by atoms with Gasteiger partial charge in [0.25, 0.3) is 0 Å². The van der Waals surface area contributed by atoms with E-state index < -0.39 is 0 Å². The molecule has 2 N–H and O–H groups in total. The van der Waals surface area contributed by atoms with E-state index in [1.54, 1.807) is 0 Å². The van der Waals surface area contributed by atoms with Crippen LogP contribution in [0.4, 0.5) is 0 Å². The Kier molecular flexibility index (Phi) is 3.72. The van der Waals surface area contributed by atoms with Crippen molar-refractivity contribution in [2.75, 3.05) is 18.8 Å². The zero-order chi connectivity index (χ0) is 8.10. The average molecular weight is 174 g/mol. The van der Waals surface area contributed by atoms with E-state index in [9.17, 15) is 4.79 Å². The number of hydrogen-bond acceptors (Lipinski definition) is 3. The van der Waals surface area contributed by atoms with Crippen LogP contribution in [0, 0.1) is 0 Å². The third-order valence-electron chi connectivity index (χ3n) is 1.79. The van der Waals surface area contributed by atoms with E-state index in [2.05, 4.69) is 23.3 Å². The second-order valence-corrected chi connectivity index (χ2v) is 3.11. The molecule has 0 saturated carbocycles. The van der Waals surface area contributed by atoms with Crippen LogP contribution in [0.5, 0.6) is 0 Å². The van der Waals surface area contributed by atoms with Crippen molar-refractivity contribution < 1.29 is 4.79 Å². The number of thiol groups is 1. The van der Waals surface area contributed by atoms with E-state index in [0.29, 0.717) is 12.3 Å². The van der Waals surface area contributed by atoms with Gasteiger partial charge in [0.05, 0.1) is 6.04 Å². The van der Waals surface area contributed by atoms with Crippen LogP contribution in [0.1, 0.15) is 12.8 Å². The standard InChI is InChI=1S/C7H14N2OS/c10-7(9-4-5-11)6-2-1-3-8-6/h6,8,11H,1-5H2,(H,9,10). The molecule has 0 aromatic carbocycles. The maximum atomic E-state index is 11.2. The molecule has 4 heteroatoms. The van der Waals surface area contributed by atoms with Gasteiger partial charge in [0, 0.05) is 12.3 Å². The maximum absolute atomic E-state index is 11.2. The highest BCUT2D eigenvalue weighted by Gasteiger charge is 2.20. The van der Waals surface area contributed by atoms with Gasteiger partial charge in [-0.3, -0.25) is 4.79 Å². The summed E-state index contributed by atoms with van der Waals surface area (Å²) < 4.78 is 0. The van der Waals surface area contributed by atoms with Crippen LogP contribution in [0.25, 0.3) is 0 Å². The molecule has 11 heavy (non-hydrogen) atoms. The van der Waals surface area contributed by atoms with Crippen LogP contribution in [0.2, 0.25) is 0 Å². The van der Waals surface area contributed by atoms with Gasteiger partial charge in [-0.25, -0.2) is 0 Å². The zero-order valence-electron chi connectivity index (χ0n) is 6.47. The highest BCUT2D eigenvalue weighted by molar-refractivity contribution is 7.80. The number of carbonyl (C=O) groups excluding carboxylic acids is 1. The summed E-state index contributed by atoms with van der Waals surface area (Å²) in [5.41, 5.74) is 0. The molecule has 1 amide bonds. The topological polar surface area (TPSA) is 41.1 Å². The summed E-state index contributed by atoms with van der Waals surface area (Å²) in [5.74, 6) is 0.829. The molecular formula is C7H14N2OS. The quantitative estimate of drug-likeness (QED) is 0.518. The van der Waals surface area contributed by atoms with Crippen molar-refractivity contribution in [1.29, 1.82) is 0 Å². The second-order valence-electron chi connectivity index (χ2n) is 2.66. The van der Waals surface area contributed by atoms with E-state index in [-0.39, 0.29) is 11.9 Å². The molecule has 0 radical (unpaired) electrons. The fraction of sp³-hybridized carbons (Fsp3) is 0.857. The lowest BCUT2D eigenvalue weighted by Crippen LogP contribution is -2.41. The predicted molar refractivity (Wildman–Crippen MR) is 47.9 cm³/mol. The van der Waals surface area contributed by atoms with Crippen LogP contribution in [0.3, 0.4) is 0 Å². The first-order valence-corrected chi connectivity index (χ1v) is 4.60. The van der Waals surface area contributed by atoms with E-state index >= 15 is 0 Å². The minimum absolute atomic E-state index is 0.0508. The van der Waals surface area contributed by atoms with Gasteiger partial charge >= 0.3 is 0 Å². The maximum Gasteiger partial charge on any atom is 0.237 e. The first-order valence-electron chi connectivity index (χ1n) is 3.96. The number of rotatable bonds is 3. The molecule has 0 aliphatic carbocycles. The summed E-state index contributed by atoms with van der Waals surface area (Å²) in [4.78, 5) is 11.2. The number of nitrogens with one attached hydrogen (secondary N) is 2. The van der Waals surface area contributed by atoms with Gasteiger partial charge in [0.15, 0.2) is 0 Å². The highest BCUT2D eigenvalue weighted by atomic mass is 32.1. The largest absolute Gasteiger partial charge is 0.354 e. The Labute approximate surface area is 72.3 Å². The van der Waals surface area contributed by atoms with Crippen molar-refractivity contribution in [2.45, 2.75) is 18.9 Å². The Hall–Kier alpha value is -0.220. The van der Waals surface area contributed by atoms with Crippen LogP contribution in [-0.2, 0) is 4.79 Å². The minimum Gasteiger partial charge on any atom is -0.354 e. The van der Waals surface area contributed by atoms with Gasteiger partial charge in [-0.15, -0.1) is 0 Å². The Bertz CT molecular complexity index is 134. The summed E-state index contributed by atoms with van der Waals surface area (Å²) in [7, 11) is 0. The third-order valence-corrected chi connectivity index (χ3v) is 2.01. The predicted octanol–water partition coefficient (Wildman–Crippen LogP) is -0.216. The Morgan fingerprint density at radius 2 is 2.55 bits per heavy atom. The fourth-order valence-electron chi connectivity index (χ4n) is 1.21. The number of carbonyl (C=O) groups is 1. The lowest BCUT2D eigenvalue weighted by atomic mass is 10.2. The van der Waals surface area contributed by atoms with Crippen molar-refractivity contribution in [3.8, 4) is 0 Å². The third kappa shape index (κ3) is 2.71. The highest BCUT2D eigenvalue weighted by Crippen LogP contribution is 2.03. The van der Waals surface area contributed by atoms with Crippen LogP contribution >= 0.6 is 12.6 Å². The van der Waals surface area contributed by atoms with E-state index in [0.717, 1.165) is 19.4 Å². The van der Waals surface area contributed by atoms with E-state index in [1.165, 1.54) is 0 Å². The van der Waals surface area contributed by atoms with Gasteiger partial charge in [0.2, 0.25) is 5.91 Å². The van der Waals surface area contributed by atoms with Crippen molar-refractivity contribution in [1.82, 2.24) is 10.6 Å². The van der Waals surface area contributed by atoms with Crippen molar-refractivity contribution in [3.05, 3.63) is 0 Å². The van der Waals surface area contributed by atoms with Gasteiger partial charge in [-0.1, -0.05) is 0 Å². The van der Waals surface area contributed by atoms with Crippen LogP contribution in [0.15, 0.2) is 0 Å². The molecule has 0 aromatic heterocycles. The molecule has 0 spiro atoms. The molecule has 64 valence electrons. The first-order chi connectivity index (χ1) is 5.34. The molecule has 0 aromatic rings. The second kappa shape index (κ2) is 4.62. The normalized spacial score (nSPS) is 23.5. The smallest absolute Gasteiger partial charge is 0.237 e. The molecular weight excluding hydrogens is 160 g/mol. The van der Waals surface area contributed by atoms with Crippen molar-refractivity contribution in [3.63, 3.8) is 0 Å². The Morgan fingerprint density at radius 3 is 3.09 bits per heavy atom. The summed E-state index contributed by atoms with van der Waals surface area (Å²) in [5, 5.41) is 5.92. The van der Waals surface area contributed by atoms with Crippen molar-refractivity contribution >= 4 is 18.5 Å². The van der Waals surface area contributed by atoms with Gasteiger partial charge in [0.1, 0.15) is 0 Å². The molecule has 3 nitrogen and oxygen atoms in total. The lowest BCUT2D eigenvalue weighted by molar-refractivity contribution is -0.122. The Balaban J connectivity index is 2.17. The van der Waals surface area contributed by atoms with Crippen molar-refractivity contribution in [2.24, 2.45) is 0 Å². The lowest BCUT2D eigenvalue weighted by Gasteiger charge is -2.09. The number of amides is 1. The monoisotopic (exact) mass is 174 g/mol. The average Bonchev–Trinajstić information content (AvgIpc) is 2.52. The summed E-state index contributed by atoms with van der Waals surface area (Å²) in [6, 6.07) is 0.0508. The molecule has 0 bridgehead atoms. The molecule has 1 rings (SSSR count). The zero-order valence-corrected chi connectivity index (χ0v) is 7.36. The molecule has 1 fully saturated rings. The Morgan fingerprint density at radius 1 is 1.73 bits per heavy atom. The molecule has 1 aliphatic heterocycles. The first kappa shape index (κ1) is 8.87. The molecule has 1 saturated heterocycles. The van der Waals surface area contributed by atoms with E-state index in [4.69, 9.17) is 0 Å². The van der Waals surface area contributed by atoms with Gasteiger partial charge < -0.3 is 10.6 Å². The van der Waals surface area contributed by atoms with Gasteiger partial charge in [-0.2, -0.15) is 12.6 Å². The van der Waals surface area contributed by atoms with Crippen LogP contribution in [-0.4, -0.2) is 30.8 Å². The minimum atomic E-state index is 0.0508. The number of hydrogen-bond donors (Lipinski definition) is 3. The molecule has 1 aliphatic rings.